The van der Waals surface area contributed by atoms with Crippen molar-refractivity contribution in [2.75, 3.05) is 0 Å². The van der Waals surface area contributed by atoms with Gasteiger partial charge in [-0.15, -0.1) is 10.2 Å². The van der Waals surface area contributed by atoms with Crippen LogP contribution < -0.4 is 5.32 Å². The molecule has 0 aliphatic carbocycles. The molecule has 114 valence electrons. The van der Waals surface area contributed by atoms with Crippen molar-refractivity contribution in [1.82, 2.24) is 30.3 Å². The molecule has 2 heterocycles. The van der Waals surface area contributed by atoms with Crippen LogP contribution in [0.4, 0.5) is 0 Å². The summed E-state index contributed by atoms with van der Waals surface area (Å²) in [4.78, 5) is 3.95. The molecule has 0 radical (unpaired) electrons. The Labute approximate surface area is 128 Å². The Hall–Kier alpha value is -2.54. The minimum atomic E-state index is -0.00816. The van der Waals surface area contributed by atoms with E-state index in [9.17, 15) is 0 Å². The molecule has 7 nitrogen and oxygen atoms in total. The van der Waals surface area contributed by atoms with Gasteiger partial charge in [-0.3, -0.25) is 5.32 Å². The van der Waals surface area contributed by atoms with Crippen LogP contribution in [0.15, 0.2) is 41.3 Å². The van der Waals surface area contributed by atoms with Crippen LogP contribution in [0.25, 0.3) is 5.69 Å². The summed E-state index contributed by atoms with van der Waals surface area (Å²) >= 11 is 0. The van der Waals surface area contributed by atoms with E-state index in [-0.39, 0.29) is 12.1 Å². The van der Waals surface area contributed by atoms with Crippen LogP contribution in [0, 0.1) is 6.92 Å². The van der Waals surface area contributed by atoms with E-state index in [1.165, 1.54) is 11.9 Å². The van der Waals surface area contributed by atoms with Crippen molar-refractivity contribution in [3.05, 3.63) is 54.3 Å². The summed E-state index contributed by atoms with van der Waals surface area (Å²) in [6, 6.07) is 8.33. The van der Waals surface area contributed by atoms with E-state index < -0.39 is 0 Å². The molecule has 1 N–H and O–H groups in total. The van der Waals surface area contributed by atoms with Gasteiger partial charge in [0.25, 0.3) is 0 Å². The summed E-state index contributed by atoms with van der Waals surface area (Å²) in [5, 5.41) is 15.5. The Bertz CT molecular complexity index is 719. The van der Waals surface area contributed by atoms with E-state index in [4.69, 9.17) is 4.42 Å². The average molecular weight is 298 g/mol. The van der Waals surface area contributed by atoms with E-state index in [1.807, 2.05) is 19.1 Å². The summed E-state index contributed by atoms with van der Waals surface area (Å²) in [7, 11) is 0. The molecule has 22 heavy (non-hydrogen) atoms. The Balaban J connectivity index is 1.68. The van der Waals surface area contributed by atoms with Gasteiger partial charge in [-0.25, -0.2) is 9.67 Å². The summed E-state index contributed by atoms with van der Waals surface area (Å²) < 4.78 is 7.17. The van der Waals surface area contributed by atoms with Gasteiger partial charge < -0.3 is 4.42 Å². The first-order valence-electron chi connectivity index (χ1n) is 7.14. The number of aromatic nitrogens is 5. The number of nitrogens with zero attached hydrogens (tertiary/aromatic N) is 5. The first-order chi connectivity index (χ1) is 10.6. The normalized spacial score (nSPS) is 14.0. The first-order valence-corrected chi connectivity index (χ1v) is 7.14. The maximum Gasteiger partial charge on any atom is 0.233 e. The second-order valence-corrected chi connectivity index (χ2v) is 5.20. The quantitative estimate of drug-likeness (QED) is 0.778. The van der Waals surface area contributed by atoms with Gasteiger partial charge in [0.2, 0.25) is 11.8 Å². The number of nitrogens with one attached hydrogen (secondary N) is 1. The molecule has 0 unspecified atom stereocenters. The molecule has 3 rings (SSSR count). The smallest absolute Gasteiger partial charge is 0.233 e. The van der Waals surface area contributed by atoms with E-state index in [2.05, 4.69) is 44.7 Å². The van der Waals surface area contributed by atoms with Gasteiger partial charge in [-0.05, 0) is 31.5 Å². The number of aryl methyl sites for hydroxylation is 1. The van der Waals surface area contributed by atoms with Gasteiger partial charge in [0, 0.05) is 13.0 Å². The van der Waals surface area contributed by atoms with Crippen LogP contribution in [0.3, 0.4) is 0 Å². The fourth-order valence-electron chi connectivity index (χ4n) is 2.29. The highest BCUT2D eigenvalue weighted by Crippen LogP contribution is 2.19. The van der Waals surface area contributed by atoms with Crippen molar-refractivity contribution in [2.24, 2.45) is 0 Å². The largest absolute Gasteiger partial charge is 0.424 e. The van der Waals surface area contributed by atoms with Crippen molar-refractivity contribution < 1.29 is 4.42 Å². The fourth-order valence-corrected chi connectivity index (χ4v) is 2.29. The lowest BCUT2D eigenvalue weighted by Gasteiger charge is -2.18. The van der Waals surface area contributed by atoms with Gasteiger partial charge in [0.15, 0.2) is 0 Å². The highest BCUT2D eigenvalue weighted by Gasteiger charge is 2.16. The van der Waals surface area contributed by atoms with E-state index in [1.54, 1.807) is 17.9 Å². The molecule has 0 spiro atoms. The SMILES string of the molecule is Cc1nnc([C@H](C)N[C@H](C)c2ccc(-n3cncn3)cc2)o1. The lowest BCUT2D eigenvalue weighted by atomic mass is 10.1. The second kappa shape index (κ2) is 6.07. The summed E-state index contributed by atoms with van der Waals surface area (Å²) in [6.07, 6.45) is 3.20. The molecule has 0 aliphatic rings. The molecule has 0 saturated heterocycles. The van der Waals surface area contributed by atoms with Crippen molar-refractivity contribution >= 4 is 0 Å². The third kappa shape index (κ3) is 3.04. The molecular formula is C15H18N6O. The zero-order valence-corrected chi connectivity index (χ0v) is 12.8. The van der Waals surface area contributed by atoms with Gasteiger partial charge in [0.1, 0.15) is 12.7 Å². The Morgan fingerprint density at radius 3 is 2.45 bits per heavy atom. The van der Waals surface area contributed by atoms with Crippen molar-refractivity contribution in [3.63, 3.8) is 0 Å². The van der Waals surface area contributed by atoms with Crippen molar-refractivity contribution in [2.45, 2.75) is 32.9 Å². The van der Waals surface area contributed by atoms with Crippen LogP contribution in [0.2, 0.25) is 0 Å². The third-order valence-electron chi connectivity index (χ3n) is 3.49. The molecule has 0 bridgehead atoms. The van der Waals surface area contributed by atoms with E-state index in [0.29, 0.717) is 11.8 Å². The van der Waals surface area contributed by atoms with Crippen molar-refractivity contribution in [1.29, 1.82) is 0 Å². The predicted molar refractivity (Wildman–Crippen MR) is 80.4 cm³/mol. The van der Waals surface area contributed by atoms with E-state index in [0.717, 1.165) is 5.69 Å². The van der Waals surface area contributed by atoms with Crippen LogP contribution in [0.1, 0.15) is 43.3 Å². The minimum absolute atomic E-state index is 0.00816. The van der Waals surface area contributed by atoms with Crippen LogP contribution in [0.5, 0.6) is 0 Å². The van der Waals surface area contributed by atoms with Crippen LogP contribution in [-0.4, -0.2) is 25.0 Å². The molecule has 0 aliphatic heterocycles. The molecule has 3 aromatic rings. The molecule has 7 heteroatoms. The van der Waals surface area contributed by atoms with Crippen LogP contribution in [-0.2, 0) is 0 Å². The zero-order chi connectivity index (χ0) is 15.5. The Morgan fingerprint density at radius 2 is 1.86 bits per heavy atom. The highest BCUT2D eigenvalue weighted by molar-refractivity contribution is 5.34. The zero-order valence-electron chi connectivity index (χ0n) is 12.8. The van der Waals surface area contributed by atoms with Gasteiger partial charge >= 0.3 is 0 Å². The average Bonchev–Trinajstić information content (AvgIpc) is 3.18. The molecule has 1 aromatic carbocycles. The number of rotatable bonds is 5. The molecular weight excluding hydrogens is 280 g/mol. The number of hydrogen-bond donors (Lipinski definition) is 1. The number of hydrogen-bond acceptors (Lipinski definition) is 6. The Kier molecular flexibility index (Phi) is 3.97. The fraction of sp³-hybridized carbons (Fsp3) is 0.333. The standard InChI is InChI=1S/C15H18N6O/c1-10(18-11(2)15-20-19-12(3)22-15)13-4-6-14(7-5-13)21-9-16-8-17-21/h4-11,18H,1-3H3/t10-,11+/m1/s1. The second-order valence-electron chi connectivity index (χ2n) is 5.20. The summed E-state index contributed by atoms with van der Waals surface area (Å²) in [5.74, 6) is 1.18. The van der Waals surface area contributed by atoms with Crippen molar-refractivity contribution in [3.8, 4) is 5.69 Å². The van der Waals surface area contributed by atoms with Gasteiger partial charge in [-0.2, -0.15) is 5.10 Å². The minimum Gasteiger partial charge on any atom is -0.424 e. The maximum absolute atomic E-state index is 5.45. The van der Waals surface area contributed by atoms with Gasteiger partial charge in [-0.1, -0.05) is 12.1 Å². The summed E-state index contributed by atoms with van der Waals surface area (Å²) in [5.41, 5.74) is 2.15. The molecule has 2 atom stereocenters. The molecule has 2 aromatic heterocycles. The predicted octanol–water partition coefficient (Wildman–Crippen LogP) is 2.37. The number of benzene rings is 1. The monoisotopic (exact) mass is 298 g/mol. The van der Waals surface area contributed by atoms with Gasteiger partial charge in [0.05, 0.1) is 11.7 Å². The topological polar surface area (TPSA) is 81.7 Å². The van der Waals surface area contributed by atoms with Crippen LogP contribution >= 0.6 is 0 Å². The lowest BCUT2D eigenvalue weighted by Crippen LogP contribution is -2.22. The third-order valence-corrected chi connectivity index (χ3v) is 3.49. The molecule has 0 saturated carbocycles. The first kappa shape index (κ1) is 14.4. The maximum atomic E-state index is 5.45. The Morgan fingerprint density at radius 1 is 1.09 bits per heavy atom. The highest BCUT2D eigenvalue weighted by atomic mass is 16.4. The lowest BCUT2D eigenvalue weighted by molar-refractivity contribution is 0.380. The van der Waals surface area contributed by atoms with E-state index >= 15 is 0 Å². The molecule has 0 fully saturated rings. The molecule has 0 amide bonds. The summed E-state index contributed by atoms with van der Waals surface area (Å²) in [6.45, 7) is 5.90.